The Morgan fingerprint density at radius 3 is 2.65 bits per heavy atom. The highest BCUT2D eigenvalue weighted by Crippen LogP contribution is 2.24. The average Bonchev–Trinajstić information content (AvgIpc) is 2.92. The van der Waals surface area contributed by atoms with Crippen molar-refractivity contribution in [3.05, 3.63) is 36.0 Å². The number of para-hydroxylation sites is 1. The van der Waals surface area contributed by atoms with Crippen LogP contribution in [-0.2, 0) is 6.42 Å². The fourth-order valence-corrected chi connectivity index (χ4v) is 2.69. The Morgan fingerprint density at radius 1 is 1.20 bits per heavy atom. The lowest BCUT2D eigenvalue weighted by atomic mass is 9.83. The topological polar surface area (TPSA) is 48.0 Å². The van der Waals surface area contributed by atoms with E-state index in [9.17, 15) is 5.11 Å². The van der Waals surface area contributed by atoms with E-state index in [2.05, 4.69) is 54.6 Å². The number of rotatable bonds is 8. The monoisotopic (exact) mass is 274 g/mol. The Hall–Kier alpha value is -1.32. The Labute approximate surface area is 121 Å². The minimum absolute atomic E-state index is 0.0419. The first kappa shape index (κ1) is 15.1. The molecule has 2 aromatic rings. The molecule has 0 radical (unpaired) electrons. The van der Waals surface area contributed by atoms with Gasteiger partial charge in [0.1, 0.15) is 0 Å². The highest BCUT2D eigenvalue weighted by Gasteiger charge is 2.24. The van der Waals surface area contributed by atoms with Crippen molar-refractivity contribution < 1.29 is 5.11 Å². The number of H-pyrrole nitrogens is 1. The lowest BCUT2D eigenvalue weighted by Crippen LogP contribution is -2.37. The van der Waals surface area contributed by atoms with Gasteiger partial charge in [0.25, 0.3) is 0 Å². The zero-order chi connectivity index (χ0) is 14.4. The van der Waals surface area contributed by atoms with Gasteiger partial charge in [0.05, 0.1) is 0 Å². The van der Waals surface area contributed by atoms with E-state index in [4.69, 9.17) is 0 Å². The Morgan fingerprint density at radius 2 is 1.95 bits per heavy atom. The van der Waals surface area contributed by atoms with E-state index in [1.165, 1.54) is 16.5 Å². The van der Waals surface area contributed by atoms with Crippen molar-refractivity contribution in [1.29, 1.82) is 0 Å². The first-order chi connectivity index (χ1) is 9.74. The molecule has 110 valence electrons. The summed E-state index contributed by atoms with van der Waals surface area (Å²) < 4.78 is 0. The summed E-state index contributed by atoms with van der Waals surface area (Å²) in [7, 11) is 0. The van der Waals surface area contributed by atoms with E-state index in [0.717, 1.165) is 32.4 Å². The lowest BCUT2D eigenvalue weighted by molar-refractivity contribution is 0.113. The summed E-state index contributed by atoms with van der Waals surface area (Å²) in [5.74, 6) is 0. The predicted molar refractivity (Wildman–Crippen MR) is 85.0 cm³/mol. The van der Waals surface area contributed by atoms with Gasteiger partial charge in [-0.2, -0.15) is 0 Å². The lowest BCUT2D eigenvalue weighted by Gasteiger charge is -2.29. The predicted octanol–water partition coefficient (Wildman–Crippen LogP) is 3.10. The molecule has 0 saturated carbocycles. The summed E-state index contributed by atoms with van der Waals surface area (Å²) in [6.07, 6.45) is 5.14. The molecule has 3 nitrogen and oxygen atoms in total. The number of aromatic amines is 1. The van der Waals surface area contributed by atoms with Crippen LogP contribution in [0.2, 0.25) is 0 Å². The molecular formula is C17H26N2O. The number of hydrogen-bond donors (Lipinski definition) is 3. The van der Waals surface area contributed by atoms with Gasteiger partial charge in [-0.15, -0.1) is 0 Å². The SMILES string of the molecule is CCC(CC)(CO)CNCCc1c[nH]c2ccccc12. The Kier molecular flexibility index (Phi) is 5.21. The van der Waals surface area contributed by atoms with Crippen molar-refractivity contribution >= 4 is 10.9 Å². The van der Waals surface area contributed by atoms with Crippen LogP contribution >= 0.6 is 0 Å². The van der Waals surface area contributed by atoms with Gasteiger partial charge in [0.2, 0.25) is 0 Å². The molecule has 0 aliphatic carbocycles. The van der Waals surface area contributed by atoms with Gasteiger partial charge in [0, 0.05) is 35.7 Å². The molecule has 2 rings (SSSR count). The van der Waals surface area contributed by atoms with Gasteiger partial charge in [-0.25, -0.2) is 0 Å². The molecule has 0 spiro atoms. The second kappa shape index (κ2) is 6.91. The van der Waals surface area contributed by atoms with Crippen LogP contribution in [0.5, 0.6) is 0 Å². The maximum Gasteiger partial charge on any atom is 0.0499 e. The van der Waals surface area contributed by atoms with Gasteiger partial charge in [-0.3, -0.25) is 0 Å². The van der Waals surface area contributed by atoms with Gasteiger partial charge >= 0.3 is 0 Å². The van der Waals surface area contributed by atoms with Crippen LogP contribution in [0.1, 0.15) is 32.3 Å². The van der Waals surface area contributed by atoms with Crippen LogP contribution in [0.25, 0.3) is 10.9 Å². The van der Waals surface area contributed by atoms with Crippen molar-refractivity contribution in [3.63, 3.8) is 0 Å². The summed E-state index contributed by atoms with van der Waals surface area (Å²) in [5.41, 5.74) is 2.60. The van der Waals surface area contributed by atoms with Crippen molar-refractivity contribution in [1.82, 2.24) is 10.3 Å². The highest BCUT2D eigenvalue weighted by atomic mass is 16.3. The van der Waals surface area contributed by atoms with Crippen molar-refractivity contribution in [2.24, 2.45) is 5.41 Å². The number of hydrogen-bond acceptors (Lipinski definition) is 2. The second-order valence-corrected chi connectivity index (χ2v) is 5.65. The molecule has 0 unspecified atom stereocenters. The number of nitrogens with one attached hydrogen (secondary N) is 2. The average molecular weight is 274 g/mol. The van der Waals surface area contributed by atoms with Crippen LogP contribution in [0, 0.1) is 5.41 Å². The molecule has 0 atom stereocenters. The first-order valence-corrected chi connectivity index (χ1v) is 7.61. The molecule has 3 heteroatoms. The third kappa shape index (κ3) is 3.22. The molecule has 0 bridgehead atoms. The minimum atomic E-state index is 0.0419. The second-order valence-electron chi connectivity index (χ2n) is 5.65. The molecule has 0 aliphatic rings. The van der Waals surface area contributed by atoms with Crippen molar-refractivity contribution in [2.75, 3.05) is 19.7 Å². The standard InChI is InChI=1S/C17H26N2O/c1-3-17(4-2,13-20)12-18-10-9-14-11-19-16-8-6-5-7-15(14)16/h5-8,11,18-20H,3-4,9-10,12-13H2,1-2H3. The van der Waals surface area contributed by atoms with Gasteiger partial charge < -0.3 is 15.4 Å². The van der Waals surface area contributed by atoms with Crippen LogP contribution in [0.15, 0.2) is 30.5 Å². The van der Waals surface area contributed by atoms with Gasteiger partial charge in [0.15, 0.2) is 0 Å². The summed E-state index contributed by atoms with van der Waals surface area (Å²) >= 11 is 0. The molecule has 0 aliphatic heterocycles. The zero-order valence-corrected chi connectivity index (χ0v) is 12.6. The number of aromatic nitrogens is 1. The minimum Gasteiger partial charge on any atom is -0.396 e. The molecule has 20 heavy (non-hydrogen) atoms. The Balaban J connectivity index is 1.87. The quantitative estimate of drug-likeness (QED) is 0.648. The molecule has 1 heterocycles. The third-order valence-electron chi connectivity index (χ3n) is 4.58. The number of benzene rings is 1. The summed E-state index contributed by atoms with van der Waals surface area (Å²) in [6.45, 7) is 6.41. The number of aliphatic hydroxyl groups is 1. The normalized spacial score (nSPS) is 12.2. The number of aliphatic hydroxyl groups excluding tert-OH is 1. The first-order valence-electron chi connectivity index (χ1n) is 7.61. The van der Waals surface area contributed by atoms with Crippen molar-refractivity contribution in [3.8, 4) is 0 Å². The molecule has 0 amide bonds. The summed E-state index contributed by atoms with van der Waals surface area (Å²) in [4.78, 5) is 3.31. The highest BCUT2D eigenvalue weighted by molar-refractivity contribution is 5.83. The summed E-state index contributed by atoms with van der Waals surface area (Å²) in [6, 6.07) is 8.41. The van der Waals surface area contributed by atoms with E-state index in [-0.39, 0.29) is 12.0 Å². The van der Waals surface area contributed by atoms with E-state index < -0.39 is 0 Å². The summed E-state index contributed by atoms with van der Waals surface area (Å²) in [5, 5.41) is 14.4. The van der Waals surface area contributed by atoms with E-state index in [1.807, 2.05) is 0 Å². The van der Waals surface area contributed by atoms with E-state index in [1.54, 1.807) is 0 Å². The van der Waals surface area contributed by atoms with E-state index in [0.29, 0.717) is 0 Å². The van der Waals surface area contributed by atoms with Crippen LogP contribution < -0.4 is 5.32 Å². The van der Waals surface area contributed by atoms with Crippen molar-refractivity contribution in [2.45, 2.75) is 33.1 Å². The Bertz CT molecular complexity index is 520. The van der Waals surface area contributed by atoms with Crippen LogP contribution in [0.4, 0.5) is 0 Å². The third-order valence-corrected chi connectivity index (χ3v) is 4.58. The molecule has 0 saturated heterocycles. The molecule has 3 N–H and O–H groups in total. The molecule has 1 aromatic heterocycles. The molecule has 0 fully saturated rings. The maximum atomic E-state index is 9.56. The smallest absolute Gasteiger partial charge is 0.0499 e. The van der Waals surface area contributed by atoms with Gasteiger partial charge in [-0.05, 0) is 37.4 Å². The zero-order valence-electron chi connectivity index (χ0n) is 12.6. The fourth-order valence-electron chi connectivity index (χ4n) is 2.69. The van der Waals surface area contributed by atoms with Crippen LogP contribution in [0.3, 0.4) is 0 Å². The van der Waals surface area contributed by atoms with Crippen LogP contribution in [-0.4, -0.2) is 29.8 Å². The maximum absolute atomic E-state index is 9.56. The fraction of sp³-hybridized carbons (Fsp3) is 0.529. The van der Waals surface area contributed by atoms with Gasteiger partial charge in [-0.1, -0.05) is 32.0 Å². The largest absolute Gasteiger partial charge is 0.396 e. The number of fused-ring (bicyclic) bond motifs is 1. The molecular weight excluding hydrogens is 248 g/mol. The molecule has 1 aromatic carbocycles. The van der Waals surface area contributed by atoms with E-state index >= 15 is 0 Å².